The zero-order valence-electron chi connectivity index (χ0n) is 6.76. The van der Waals surface area contributed by atoms with E-state index in [0.29, 0.717) is 6.10 Å². The van der Waals surface area contributed by atoms with E-state index in [1.54, 1.807) is 0 Å². The Labute approximate surface area is 89.4 Å². The van der Waals surface area contributed by atoms with Gasteiger partial charge in [0.05, 0.1) is 0 Å². The van der Waals surface area contributed by atoms with Gasteiger partial charge in [-0.3, -0.25) is 0 Å². The zero-order chi connectivity index (χ0) is 7.68. The van der Waals surface area contributed by atoms with Gasteiger partial charge in [0.1, 0.15) is 0 Å². The van der Waals surface area contributed by atoms with Gasteiger partial charge in [0.15, 0.2) is 0 Å². The van der Waals surface area contributed by atoms with Crippen LogP contribution in [0.4, 0.5) is 0 Å². The van der Waals surface area contributed by atoms with E-state index in [4.69, 9.17) is 4.74 Å². The Kier molecular flexibility index (Phi) is 3.53. The number of ether oxygens (including phenoxy) is 1. The maximum absolute atomic E-state index is 5.98. The average molecular weight is 453 g/mol. The molecule has 60 valence electrons. The third-order valence-corrected chi connectivity index (χ3v) is 18.1. The van der Waals surface area contributed by atoms with Crippen LogP contribution in [0, 0.1) is 0 Å². The molecule has 0 aromatic heterocycles. The third kappa shape index (κ3) is 2.10. The number of hydrogen-bond acceptors (Lipinski definition) is 1. The summed E-state index contributed by atoms with van der Waals surface area (Å²) >= 11 is 2.21. The molecule has 11 heavy (non-hydrogen) atoms. The van der Waals surface area contributed by atoms with Crippen LogP contribution in [0.5, 0.6) is 0 Å². The van der Waals surface area contributed by atoms with Crippen molar-refractivity contribution in [1.82, 2.24) is 0 Å². The molecule has 0 aromatic rings. The molecule has 0 saturated carbocycles. The van der Waals surface area contributed by atoms with E-state index >= 15 is 0 Å². The molecular weight excluding hydrogens is 440 g/mol. The molecule has 0 spiro atoms. The Bertz CT molecular complexity index is 142. The topological polar surface area (TPSA) is 9.23 Å². The van der Waals surface area contributed by atoms with E-state index in [2.05, 4.69) is 17.7 Å². The van der Waals surface area contributed by atoms with Crippen LogP contribution in [-0.2, 0) is 25.0 Å². The van der Waals surface area contributed by atoms with Crippen LogP contribution in [0.3, 0.4) is 0 Å². The van der Waals surface area contributed by atoms with Gasteiger partial charge in [-0.1, -0.05) is 0 Å². The van der Waals surface area contributed by atoms with Gasteiger partial charge in [0.25, 0.3) is 0 Å². The molecular formula is C8H13HgIO. The number of fused-ring (bicyclic) bond motifs is 2. The molecule has 2 rings (SSSR count). The molecule has 2 bridgehead atoms. The first-order valence-electron chi connectivity index (χ1n) is 4.61. The van der Waals surface area contributed by atoms with Crippen molar-refractivity contribution < 1.29 is 25.0 Å². The first-order chi connectivity index (χ1) is 5.40. The molecule has 2 heterocycles. The standard InChI is InChI=1S/C8H13O.Hg.HI/c1-3-7-5-2-6-8(4-1)9-7;;/h3,7-8H,1-2,4-6H2;;1H/q;+1;/p-1/t7-,8+;;/m1../s1. The molecule has 3 atom stereocenters. The van der Waals surface area contributed by atoms with Crippen molar-refractivity contribution in [2.45, 2.75) is 47.7 Å². The van der Waals surface area contributed by atoms with Crippen molar-refractivity contribution in [2.24, 2.45) is 0 Å². The van der Waals surface area contributed by atoms with Gasteiger partial charge >= 0.3 is 90.4 Å². The molecule has 0 aromatic carbocycles. The second-order valence-corrected chi connectivity index (χ2v) is 16.7. The molecule has 0 radical (unpaired) electrons. The van der Waals surface area contributed by atoms with Crippen molar-refractivity contribution in [3.05, 3.63) is 0 Å². The Hall–Kier alpha value is 1.63. The van der Waals surface area contributed by atoms with Crippen LogP contribution in [0.1, 0.15) is 32.1 Å². The first-order valence-corrected chi connectivity index (χ1v) is 23.3. The van der Waals surface area contributed by atoms with Gasteiger partial charge in [0, 0.05) is 0 Å². The van der Waals surface area contributed by atoms with Crippen LogP contribution in [0.15, 0.2) is 0 Å². The third-order valence-electron chi connectivity index (χ3n) is 2.97. The molecule has 0 amide bonds. The minimum absolute atomic E-state index is 0.506. The van der Waals surface area contributed by atoms with Crippen LogP contribution in [0.2, 0.25) is 3.43 Å². The summed E-state index contributed by atoms with van der Waals surface area (Å²) in [6.45, 7) is 0. The van der Waals surface area contributed by atoms with Crippen LogP contribution in [-0.4, -0.2) is 12.2 Å². The van der Waals surface area contributed by atoms with E-state index in [1.807, 2.05) is 0 Å². The van der Waals surface area contributed by atoms with E-state index < -0.39 is 20.2 Å². The summed E-state index contributed by atoms with van der Waals surface area (Å²) in [7, 11) is 0. The molecule has 2 aliphatic heterocycles. The van der Waals surface area contributed by atoms with Crippen molar-refractivity contribution in [1.29, 1.82) is 0 Å². The summed E-state index contributed by atoms with van der Waals surface area (Å²) in [5.74, 6) is 0. The van der Waals surface area contributed by atoms with E-state index in [0.717, 1.165) is 9.53 Å². The molecule has 3 heteroatoms. The number of halogens is 1. The molecule has 2 aliphatic rings. The normalized spacial score (nSPS) is 43.2. The van der Waals surface area contributed by atoms with E-state index in [-0.39, 0.29) is 0 Å². The number of hydrogen-bond donors (Lipinski definition) is 0. The Morgan fingerprint density at radius 2 is 2.09 bits per heavy atom. The fraction of sp³-hybridized carbons (Fsp3) is 1.00. The molecule has 2 saturated heterocycles. The minimum atomic E-state index is -0.506. The van der Waals surface area contributed by atoms with Gasteiger partial charge in [-0.15, -0.1) is 0 Å². The van der Waals surface area contributed by atoms with E-state index in [9.17, 15) is 0 Å². The monoisotopic (exact) mass is 454 g/mol. The van der Waals surface area contributed by atoms with Gasteiger partial charge in [-0.2, -0.15) is 0 Å². The summed E-state index contributed by atoms with van der Waals surface area (Å²) < 4.78 is 7.07. The van der Waals surface area contributed by atoms with Crippen molar-refractivity contribution in [2.75, 3.05) is 0 Å². The Morgan fingerprint density at radius 1 is 1.18 bits per heavy atom. The van der Waals surface area contributed by atoms with Crippen molar-refractivity contribution >= 4 is 17.7 Å². The van der Waals surface area contributed by atoms with E-state index in [1.165, 1.54) is 32.1 Å². The SMILES string of the molecule is [I][Hg][CH]1CC[C@H]2CCC[C@@H]1O2. The van der Waals surface area contributed by atoms with Crippen LogP contribution >= 0.6 is 17.7 Å². The van der Waals surface area contributed by atoms with Gasteiger partial charge in [0.2, 0.25) is 0 Å². The number of rotatable bonds is 1. The Morgan fingerprint density at radius 3 is 2.91 bits per heavy atom. The summed E-state index contributed by atoms with van der Waals surface area (Å²) in [4.78, 5) is 0. The summed E-state index contributed by atoms with van der Waals surface area (Å²) in [5, 5.41) is 0. The molecule has 1 unspecified atom stereocenters. The Balaban J connectivity index is 1.97. The van der Waals surface area contributed by atoms with Gasteiger partial charge in [-0.05, 0) is 0 Å². The second-order valence-electron chi connectivity index (χ2n) is 3.72. The van der Waals surface area contributed by atoms with Crippen LogP contribution < -0.4 is 0 Å². The summed E-state index contributed by atoms with van der Waals surface area (Å²) in [5.41, 5.74) is 0. The summed E-state index contributed by atoms with van der Waals surface area (Å²) in [6.07, 6.45) is 8.45. The quantitative estimate of drug-likeness (QED) is 0.439. The fourth-order valence-corrected chi connectivity index (χ4v) is 14.7. The van der Waals surface area contributed by atoms with Crippen LogP contribution in [0.25, 0.3) is 0 Å². The van der Waals surface area contributed by atoms with Crippen molar-refractivity contribution in [3.8, 4) is 0 Å². The summed E-state index contributed by atoms with van der Waals surface area (Å²) in [6, 6.07) is 0. The first kappa shape index (κ1) is 9.19. The van der Waals surface area contributed by atoms with Gasteiger partial charge < -0.3 is 0 Å². The molecule has 0 aliphatic carbocycles. The average Bonchev–Trinajstić information content (AvgIpc) is 2.06. The molecule has 1 nitrogen and oxygen atoms in total. The zero-order valence-corrected chi connectivity index (χ0v) is 14.4. The predicted molar refractivity (Wildman–Crippen MR) is 49.5 cm³/mol. The maximum atomic E-state index is 5.98. The molecule has 0 N–H and O–H groups in total. The fourth-order valence-electron chi connectivity index (χ4n) is 2.25. The predicted octanol–water partition coefficient (Wildman–Crippen LogP) is 2.94. The van der Waals surface area contributed by atoms with Gasteiger partial charge in [-0.25, -0.2) is 0 Å². The van der Waals surface area contributed by atoms with Crippen molar-refractivity contribution in [3.63, 3.8) is 0 Å². The molecule has 2 fully saturated rings. The second kappa shape index (κ2) is 4.22.